The molecule has 0 unspecified atom stereocenters. The lowest BCUT2D eigenvalue weighted by Gasteiger charge is -2.20. The summed E-state index contributed by atoms with van der Waals surface area (Å²) < 4.78 is 0. The van der Waals surface area contributed by atoms with Crippen LogP contribution in [0.1, 0.15) is 38.5 Å². The summed E-state index contributed by atoms with van der Waals surface area (Å²) in [6.07, 6.45) is 7.08. The molecule has 124 valence electrons. The minimum Gasteiger partial charge on any atom is -0.301 e. The van der Waals surface area contributed by atoms with Crippen molar-refractivity contribution in [3.05, 3.63) is 29.9 Å². The Morgan fingerprint density at radius 2 is 2.04 bits per heavy atom. The molecule has 0 saturated heterocycles. The molecular weight excluding hydrogens is 314 g/mol. The first-order valence-corrected chi connectivity index (χ1v) is 8.57. The van der Waals surface area contributed by atoms with Crippen molar-refractivity contribution in [2.45, 2.75) is 38.5 Å². The number of hydroxylamine groups is 1. The summed E-state index contributed by atoms with van der Waals surface area (Å²) in [4.78, 5) is 17.4. The summed E-state index contributed by atoms with van der Waals surface area (Å²) in [7, 11) is 0. The minimum atomic E-state index is -0.317. The van der Waals surface area contributed by atoms with E-state index in [9.17, 15) is 4.79 Å². The van der Waals surface area contributed by atoms with E-state index in [4.69, 9.17) is 5.21 Å². The van der Waals surface area contributed by atoms with Gasteiger partial charge in [-0.05, 0) is 25.0 Å². The fourth-order valence-electron chi connectivity index (χ4n) is 2.25. The molecule has 0 spiro atoms. The molecule has 2 aromatic rings. The normalized spacial score (nSPS) is 10.5. The van der Waals surface area contributed by atoms with Crippen LogP contribution in [0.2, 0.25) is 0 Å². The Morgan fingerprint density at radius 3 is 2.74 bits per heavy atom. The zero-order chi connectivity index (χ0) is 16.3. The van der Waals surface area contributed by atoms with E-state index < -0.39 is 0 Å². The van der Waals surface area contributed by atoms with E-state index in [0.29, 0.717) is 6.42 Å². The average Bonchev–Trinajstić information content (AvgIpc) is 3.12. The van der Waals surface area contributed by atoms with Crippen molar-refractivity contribution in [3.8, 4) is 0 Å². The second-order valence-corrected chi connectivity index (χ2v) is 5.93. The van der Waals surface area contributed by atoms with Gasteiger partial charge in [-0.25, -0.2) is 10.5 Å². The van der Waals surface area contributed by atoms with Gasteiger partial charge in [-0.3, -0.25) is 10.0 Å². The Bertz CT molecular complexity index is 565. The highest BCUT2D eigenvalue weighted by Gasteiger charge is 2.12. The van der Waals surface area contributed by atoms with Gasteiger partial charge in [0.25, 0.3) is 0 Å². The number of anilines is 2. The zero-order valence-electron chi connectivity index (χ0n) is 12.9. The summed E-state index contributed by atoms with van der Waals surface area (Å²) >= 11 is 1.50. The number of nitrogens with one attached hydrogen (secondary N) is 1. The molecule has 1 amide bonds. The third kappa shape index (κ3) is 5.91. The van der Waals surface area contributed by atoms with Crippen LogP contribution in [0, 0.1) is 0 Å². The lowest BCUT2D eigenvalue weighted by Crippen LogP contribution is -2.19. The van der Waals surface area contributed by atoms with Crippen LogP contribution in [-0.4, -0.2) is 32.8 Å². The van der Waals surface area contributed by atoms with Gasteiger partial charge in [0.2, 0.25) is 11.0 Å². The predicted molar refractivity (Wildman–Crippen MR) is 88.8 cm³/mol. The van der Waals surface area contributed by atoms with Crippen molar-refractivity contribution < 1.29 is 10.0 Å². The minimum absolute atomic E-state index is 0.317. The maximum absolute atomic E-state index is 10.9. The first-order chi connectivity index (χ1) is 11.3. The fourth-order valence-corrected chi connectivity index (χ4v) is 2.84. The molecule has 2 N–H and O–H groups in total. The number of amides is 1. The van der Waals surface area contributed by atoms with Gasteiger partial charge in [-0.1, -0.05) is 36.7 Å². The molecule has 0 saturated carbocycles. The molecule has 2 heterocycles. The van der Waals surface area contributed by atoms with Crippen molar-refractivity contribution in [1.82, 2.24) is 20.7 Å². The second-order valence-electron chi connectivity index (χ2n) is 5.11. The van der Waals surface area contributed by atoms with E-state index in [1.54, 1.807) is 17.2 Å². The zero-order valence-corrected chi connectivity index (χ0v) is 13.7. The lowest BCUT2D eigenvalue weighted by atomic mass is 10.1. The van der Waals surface area contributed by atoms with Crippen LogP contribution in [0.5, 0.6) is 0 Å². The number of pyridine rings is 1. The number of aromatic nitrogens is 3. The highest BCUT2D eigenvalue weighted by Crippen LogP contribution is 2.25. The highest BCUT2D eigenvalue weighted by atomic mass is 32.1. The quantitative estimate of drug-likeness (QED) is 0.394. The van der Waals surface area contributed by atoms with Crippen LogP contribution in [0.3, 0.4) is 0 Å². The summed E-state index contributed by atoms with van der Waals surface area (Å²) in [6.45, 7) is 0.837. The largest absolute Gasteiger partial charge is 0.301 e. The van der Waals surface area contributed by atoms with Crippen LogP contribution < -0.4 is 10.4 Å². The average molecular weight is 335 g/mol. The van der Waals surface area contributed by atoms with E-state index >= 15 is 0 Å². The van der Waals surface area contributed by atoms with Crippen molar-refractivity contribution in [2.75, 3.05) is 11.4 Å². The lowest BCUT2D eigenvalue weighted by molar-refractivity contribution is -0.129. The Labute approximate surface area is 139 Å². The summed E-state index contributed by atoms with van der Waals surface area (Å²) in [5.41, 5.74) is 3.37. The van der Waals surface area contributed by atoms with Gasteiger partial charge in [0, 0.05) is 19.2 Å². The van der Waals surface area contributed by atoms with Crippen molar-refractivity contribution in [2.24, 2.45) is 0 Å². The molecule has 8 heteroatoms. The van der Waals surface area contributed by atoms with Gasteiger partial charge in [0.05, 0.1) is 0 Å². The summed E-state index contributed by atoms with van der Waals surface area (Å²) in [5, 5.41) is 17.3. The molecule has 2 aromatic heterocycles. The third-order valence-corrected chi connectivity index (χ3v) is 4.13. The number of rotatable bonds is 10. The molecule has 0 radical (unpaired) electrons. The number of hydrogen-bond donors (Lipinski definition) is 2. The van der Waals surface area contributed by atoms with Gasteiger partial charge in [-0.15, -0.1) is 10.2 Å². The molecule has 0 aliphatic carbocycles. The number of nitrogens with zero attached hydrogens (tertiary/aromatic N) is 4. The van der Waals surface area contributed by atoms with Crippen LogP contribution in [-0.2, 0) is 4.79 Å². The first kappa shape index (κ1) is 17.3. The van der Waals surface area contributed by atoms with Gasteiger partial charge >= 0.3 is 0 Å². The van der Waals surface area contributed by atoms with Gasteiger partial charge < -0.3 is 4.90 Å². The number of hydrogen-bond acceptors (Lipinski definition) is 7. The number of unbranched alkanes of at least 4 members (excludes halogenated alkanes) is 4. The molecule has 0 aromatic carbocycles. The van der Waals surface area contributed by atoms with E-state index in [2.05, 4.69) is 20.1 Å². The number of carbonyl (C=O) groups is 1. The standard InChI is InChI=1S/C15H21N5O2S/c21-14(19-22)9-4-2-1-3-7-11-20(15-18-17-12-23-15)13-8-5-6-10-16-13/h5-6,8,10,12,22H,1-4,7,9,11H2,(H,19,21). The Kier molecular flexibility index (Phi) is 7.41. The molecule has 0 atom stereocenters. The molecule has 7 nitrogen and oxygen atoms in total. The SMILES string of the molecule is O=C(CCCCCCCN(c1ccccn1)c1nncs1)NO. The van der Waals surface area contributed by atoms with Crippen LogP contribution in [0.25, 0.3) is 0 Å². The molecule has 2 rings (SSSR count). The Morgan fingerprint density at radius 1 is 1.22 bits per heavy atom. The smallest absolute Gasteiger partial charge is 0.243 e. The van der Waals surface area contributed by atoms with Crippen molar-refractivity contribution in [3.63, 3.8) is 0 Å². The maximum Gasteiger partial charge on any atom is 0.243 e. The highest BCUT2D eigenvalue weighted by molar-refractivity contribution is 7.13. The second kappa shape index (κ2) is 9.86. The number of carbonyl (C=O) groups excluding carboxylic acids is 1. The van der Waals surface area contributed by atoms with Crippen LogP contribution >= 0.6 is 11.3 Å². The summed E-state index contributed by atoms with van der Waals surface area (Å²) in [5.74, 6) is 0.562. The van der Waals surface area contributed by atoms with Crippen molar-refractivity contribution >= 4 is 28.2 Å². The van der Waals surface area contributed by atoms with Gasteiger partial charge in [0.1, 0.15) is 11.3 Å². The molecule has 0 aliphatic rings. The van der Waals surface area contributed by atoms with E-state index in [0.717, 1.165) is 49.6 Å². The molecule has 0 aliphatic heterocycles. The topological polar surface area (TPSA) is 91.2 Å². The van der Waals surface area contributed by atoms with Crippen LogP contribution in [0.4, 0.5) is 10.9 Å². The Balaban J connectivity index is 1.74. The fraction of sp³-hybridized carbons (Fsp3) is 0.467. The third-order valence-electron chi connectivity index (χ3n) is 3.42. The molecule has 23 heavy (non-hydrogen) atoms. The summed E-state index contributed by atoms with van der Waals surface area (Å²) in [6, 6.07) is 5.82. The van der Waals surface area contributed by atoms with Gasteiger partial charge in [-0.2, -0.15) is 0 Å². The Hall–Kier alpha value is -2.06. The van der Waals surface area contributed by atoms with E-state index in [1.165, 1.54) is 11.3 Å². The van der Waals surface area contributed by atoms with Crippen LogP contribution in [0.15, 0.2) is 29.9 Å². The molecule has 0 bridgehead atoms. The van der Waals surface area contributed by atoms with E-state index in [1.807, 2.05) is 18.2 Å². The molecular formula is C15H21N5O2S. The monoisotopic (exact) mass is 335 g/mol. The molecule has 0 fully saturated rings. The van der Waals surface area contributed by atoms with E-state index in [-0.39, 0.29) is 5.91 Å². The predicted octanol–water partition coefficient (Wildman–Crippen LogP) is 2.92. The first-order valence-electron chi connectivity index (χ1n) is 7.69. The van der Waals surface area contributed by atoms with Crippen molar-refractivity contribution in [1.29, 1.82) is 0 Å². The van der Waals surface area contributed by atoms with Gasteiger partial charge in [0.15, 0.2) is 0 Å². The maximum atomic E-state index is 10.9.